The highest BCUT2D eigenvalue weighted by Crippen LogP contribution is 2.33. The second kappa shape index (κ2) is 6.32. The van der Waals surface area contributed by atoms with Crippen LogP contribution in [0.25, 0.3) is 0 Å². The van der Waals surface area contributed by atoms with Crippen LogP contribution >= 0.6 is 0 Å². The molecule has 1 heterocycles. The van der Waals surface area contributed by atoms with Gasteiger partial charge in [0.05, 0.1) is 18.8 Å². The molecule has 116 valence electrons. The largest absolute Gasteiger partial charge is 0.389 e. The third-order valence-corrected chi connectivity index (χ3v) is 4.00. The van der Waals surface area contributed by atoms with Crippen molar-refractivity contribution in [2.24, 2.45) is 0 Å². The lowest BCUT2D eigenvalue weighted by atomic mass is 9.91. The molecule has 1 aliphatic heterocycles. The van der Waals surface area contributed by atoms with Crippen LogP contribution in [0, 0.1) is 0 Å². The fourth-order valence-corrected chi connectivity index (χ4v) is 2.76. The van der Waals surface area contributed by atoms with Crippen LogP contribution in [0.3, 0.4) is 0 Å². The summed E-state index contributed by atoms with van der Waals surface area (Å²) in [5, 5.41) is 15.9. The maximum absolute atomic E-state index is 13.1. The van der Waals surface area contributed by atoms with Crippen LogP contribution in [-0.4, -0.2) is 54.4 Å². The molecule has 1 amide bonds. The minimum absolute atomic E-state index is 0.00242. The van der Waals surface area contributed by atoms with E-state index in [4.69, 9.17) is 4.74 Å². The van der Waals surface area contributed by atoms with E-state index in [0.717, 1.165) is 0 Å². The van der Waals surface area contributed by atoms with Gasteiger partial charge in [-0.15, -0.1) is 0 Å². The average molecular weight is 292 g/mol. The highest BCUT2D eigenvalue weighted by atomic mass is 19.3. The zero-order valence-corrected chi connectivity index (χ0v) is 11.6. The summed E-state index contributed by atoms with van der Waals surface area (Å²) >= 11 is 0. The van der Waals surface area contributed by atoms with Gasteiger partial charge in [0.1, 0.15) is 6.10 Å². The lowest BCUT2D eigenvalue weighted by molar-refractivity contribution is -0.119. The fraction of sp³-hybridized carbons (Fsp3) is 0.923. The number of aliphatic hydroxyl groups is 1. The maximum Gasteiger partial charge on any atom is 0.248 e. The molecule has 2 aliphatic rings. The number of rotatable bonds is 4. The Morgan fingerprint density at radius 2 is 2.05 bits per heavy atom. The third-order valence-electron chi connectivity index (χ3n) is 4.00. The number of aliphatic hydroxyl groups excluding tert-OH is 1. The van der Waals surface area contributed by atoms with Crippen LogP contribution in [0.4, 0.5) is 8.78 Å². The molecule has 5 nitrogen and oxygen atoms in total. The first-order chi connectivity index (χ1) is 9.37. The van der Waals surface area contributed by atoms with Gasteiger partial charge < -0.3 is 20.5 Å². The number of hydrogen-bond donors (Lipinski definition) is 3. The van der Waals surface area contributed by atoms with Crippen LogP contribution in [0.15, 0.2) is 0 Å². The molecule has 0 bridgehead atoms. The Morgan fingerprint density at radius 1 is 1.40 bits per heavy atom. The van der Waals surface area contributed by atoms with Crippen LogP contribution in [-0.2, 0) is 9.53 Å². The minimum atomic E-state index is -2.54. The molecule has 20 heavy (non-hydrogen) atoms. The molecule has 0 aromatic carbocycles. The third kappa shape index (κ3) is 4.10. The number of alkyl halides is 2. The van der Waals surface area contributed by atoms with Crippen LogP contribution in [0.1, 0.15) is 32.6 Å². The summed E-state index contributed by atoms with van der Waals surface area (Å²) < 4.78 is 31.6. The average Bonchev–Trinajstić information content (AvgIpc) is 2.71. The SMILES string of the molecule is CC(=O)NCC1OCC(NC2CCC(F)(F)CC2)C1O. The van der Waals surface area contributed by atoms with Crippen molar-refractivity contribution in [1.82, 2.24) is 10.6 Å². The standard InChI is InChI=1S/C13H22F2N2O3/c1-8(18)16-6-11-12(19)10(7-20-11)17-9-2-4-13(14,15)5-3-9/h9-12,17,19H,2-7H2,1H3,(H,16,18). The molecule has 1 saturated carbocycles. The Morgan fingerprint density at radius 3 is 2.65 bits per heavy atom. The highest BCUT2D eigenvalue weighted by molar-refractivity contribution is 5.72. The summed E-state index contributed by atoms with van der Waals surface area (Å²) in [4.78, 5) is 10.8. The van der Waals surface area contributed by atoms with Gasteiger partial charge in [-0.3, -0.25) is 4.79 Å². The van der Waals surface area contributed by atoms with Gasteiger partial charge in [-0.05, 0) is 12.8 Å². The molecular weight excluding hydrogens is 270 g/mol. The molecule has 1 aliphatic carbocycles. The molecule has 1 saturated heterocycles. The summed E-state index contributed by atoms with van der Waals surface area (Å²) in [6, 6.07) is -0.261. The predicted octanol–water partition coefficient (Wildman–Crippen LogP) is 0.418. The topological polar surface area (TPSA) is 70.6 Å². The van der Waals surface area contributed by atoms with Crippen molar-refractivity contribution in [3.63, 3.8) is 0 Å². The van der Waals surface area contributed by atoms with E-state index in [9.17, 15) is 18.7 Å². The second-order valence-corrected chi connectivity index (χ2v) is 5.70. The molecule has 0 spiro atoms. The van der Waals surface area contributed by atoms with Crippen molar-refractivity contribution in [3.8, 4) is 0 Å². The summed E-state index contributed by atoms with van der Waals surface area (Å²) in [6.07, 6.45) is -0.572. The summed E-state index contributed by atoms with van der Waals surface area (Å²) in [7, 11) is 0. The van der Waals surface area contributed by atoms with Crippen molar-refractivity contribution in [1.29, 1.82) is 0 Å². The lowest BCUT2D eigenvalue weighted by Crippen LogP contribution is -2.49. The molecule has 2 rings (SSSR count). The maximum atomic E-state index is 13.1. The first kappa shape index (κ1) is 15.6. The van der Waals surface area contributed by atoms with Crippen LogP contribution < -0.4 is 10.6 Å². The van der Waals surface area contributed by atoms with Gasteiger partial charge in [0.15, 0.2) is 0 Å². The minimum Gasteiger partial charge on any atom is -0.389 e. The van der Waals surface area contributed by atoms with E-state index in [2.05, 4.69) is 10.6 Å². The number of carbonyl (C=O) groups excluding carboxylic acids is 1. The van der Waals surface area contributed by atoms with Crippen molar-refractivity contribution in [2.45, 2.75) is 62.8 Å². The van der Waals surface area contributed by atoms with E-state index in [1.807, 2.05) is 0 Å². The van der Waals surface area contributed by atoms with E-state index < -0.39 is 18.1 Å². The molecule has 2 fully saturated rings. The number of halogens is 2. The molecular formula is C13H22F2N2O3. The smallest absolute Gasteiger partial charge is 0.248 e. The summed E-state index contributed by atoms with van der Waals surface area (Å²) in [5.41, 5.74) is 0. The molecule has 3 N–H and O–H groups in total. The first-order valence-electron chi connectivity index (χ1n) is 7.05. The van der Waals surface area contributed by atoms with Gasteiger partial charge in [-0.2, -0.15) is 0 Å². The Hall–Kier alpha value is -0.790. The molecule has 0 aromatic heterocycles. The quantitative estimate of drug-likeness (QED) is 0.702. The Balaban J connectivity index is 1.76. The highest BCUT2D eigenvalue weighted by Gasteiger charge is 2.40. The van der Waals surface area contributed by atoms with E-state index in [1.165, 1.54) is 6.92 Å². The zero-order chi connectivity index (χ0) is 14.8. The lowest BCUT2D eigenvalue weighted by Gasteiger charge is -2.31. The monoisotopic (exact) mass is 292 g/mol. The van der Waals surface area contributed by atoms with Gasteiger partial charge in [-0.1, -0.05) is 0 Å². The number of hydrogen-bond acceptors (Lipinski definition) is 4. The van der Waals surface area contributed by atoms with Crippen molar-refractivity contribution >= 4 is 5.91 Å². The Labute approximate surface area is 117 Å². The number of ether oxygens (including phenoxy) is 1. The number of nitrogens with one attached hydrogen (secondary N) is 2. The van der Waals surface area contributed by atoms with Gasteiger partial charge in [0.2, 0.25) is 11.8 Å². The molecule has 3 unspecified atom stereocenters. The van der Waals surface area contributed by atoms with E-state index >= 15 is 0 Å². The van der Waals surface area contributed by atoms with Crippen molar-refractivity contribution in [2.75, 3.05) is 13.2 Å². The van der Waals surface area contributed by atoms with E-state index in [0.29, 0.717) is 19.4 Å². The number of amides is 1. The van der Waals surface area contributed by atoms with Crippen LogP contribution in [0.5, 0.6) is 0 Å². The predicted molar refractivity (Wildman–Crippen MR) is 68.6 cm³/mol. The van der Waals surface area contributed by atoms with E-state index in [-0.39, 0.29) is 37.4 Å². The van der Waals surface area contributed by atoms with Gasteiger partial charge in [0, 0.05) is 32.4 Å². The summed E-state index contributed by atoms with van der Waals surface area (Å²) in [5.74, 6) is -2.72. The Bertz CT molecular complexity index is 345. The van der Waals surface area contributed by atoms with Gasteiger partial charge in [0.25, 0.3) is 0 Å². The Kier molecular flexibility index (Phi) is 4.93. The molecule has 0 aromatic rings. The fourth-order valence-electron chi connectivity index (χ4n) is 2.76. The van der Waals surface area contributed by atoms with Gasteiger partial charge in [-0.25, -0.2) is 8.78 Å². The number of carbonyl (C=O) groups is 1. The summed E-state index contributed by atoms with van der Waals surface area (Å²) in [6.45, 7) is 2.00. The first-order valence-corrected chi connectivity index (χ1v) is 7.05. The van der Waals surface area contributed by atoms with Crippen molar-refractivity contribution in [3.05, 3.63) is 0 Å². The molecule has 3 atom stereocenters. The van der Waals surface area contributed by atoms with Crippen molar-refractivity contribution < 1.29 is 23.4 Å². The van der Waals surface area contributed by atoms with Gasteiger partial charge >= 0.3 is 0 Å². The molecule has 7 heteroatoms. The second-order valence-electron chi connectivity index (χ2n) is 5.70. The normalized spacial score (nSPS) is 34.1. The van der Waals surface area contributed by atoms with E-state index in [1.54, 1.807) is 0 Å². The molecule has 0 radical (unpaired) electrons. The van der Waals surface area contributed by atoms with Crippen LogP contribution in [0.2, 0.25) is 0 Å². The zero-order valence-electron chi connectivity index (χ0n) is 11.6.